The van der Waals surface area contributed by atoms with Gasteiger partial charge in [-0.2, -0.15) is 0 Å². The lowest BCUT2D eigenvalue weighted by atomic mass is 10.4. The van der Waals surface area contributed by atoms with E-state index >= 15 is 0 Å². The summed E-state index contributed by atoms with van der Waals surface area (Å²) in [5, 5.41) is 3.27. The highest BCUT2D eigenvalue weighted by Crippen LogP contribution is 2.39. The Morgan fingerprint density at radius 3 is 2.14 bits per heavy atom. The van der Waals surface area contributed by atoms with Gasteiger partial charge in [0.15, 0.2) is 0 Å². The molecule has 1 aliphatic carbocycles. The highest BCUT2D eigenvalue weighted by Gasteiger charge is 2.50. The van der Waals surface area contributed by atoms with E-state index in [1.54, 1.807) is 0 Å². The van der Waals surface area contributed by atoms with Crippen LogP contribution in [-0.2, 0) is 0 Å². The van der Waals surface area contributed by atoms with Crippen molar-refractivity contribution in [2.45, 2.75) is 6.04 Å². The van der Waals surface area contributed by atoms with Crippen molar-refractivity contribution in [3.05, 3.63) is 0 Å². The molecule has 2 aliphatic rings. The highest BCUT2D eigenvalue weighted by molar-refractivity contribution is 5.07. The minimum atomic E-state index is 0.557. The molecule has 1 aliphatic heterocycles. The number of nitrogens with one attached hydrogen (secondary N) is 1. The number of nitrogens with two attached hydrogens (primary N) is 1. The Kier molecular flexibility index (Phi) is 0.557. The Balaban J connectivity index is 2.06. The smallest absolute Gasteiger partial charge is 0.0127 e. The van der Waals surface area contributed by atoms with Gasteiger partial charge in [0.1, 0.15) is 0 Å². The van der Waals surface area contributed by atoms with Crippen LogP contribution in [0.1, 0.15) is 0 Å². The van der Waals surface area contributed by atoms with Crippen LogP contribution < -0.4 is 11.1 Å². The standard InChI is InChI=1S/C5H10N2/c6-5-3-1-7-2-4(3)5/h3-5,7H,1-2,6H2/t3-,4-/m0/s1. The van der Waals surface area contributed by atoms with Gasteiger partial charge in [-0.25, -0.2) is 0 Å². The lowest BCUT2D eigenvalue weighted by Crippen LogP contribution is -2.21. The molecule has 0 aromatic carbocycles. The number of fused-ring (bicyclic) bond motifs is 1. The second-order valence-electron chi connectivity index (χ2n) is 2.56. The average Bonchev–Trinajstić information content (AvgIpc) is 2.26. The molecule has 7 heavy (non-hydrogen) atoms. The van der Waals surface area contributed by atoms with E-state index in [-0.39, 0.29) is 0 Å². The van der Waals surface area contributed by atoms with Crippen molar-refractivity contribution < 1.29 is 0 Å². The van der Waals surface area contributed by atoms with Gasteiger partial charge in [0.05, 0.1) is 0 Å². The van der Waals surface area contributed by atoms with E-state index in [0.29, 0.717) is 6.04 Å². The van der Waals surface area contributed by atoms with Crippen LogP contribution in [0.2, 0.25) is 0 Å². The van der Waals surface area contributed by atoms with Crippen molar-refractivity contribution in [3.63, 3.8) is 0 Å². The minimum Gasteiger partial charge on any atom is -0.327 e. The molecule has 0 bridgehead atoms. The molecule has 2 atom stereocenters. The topological polar surface area (TPSA) is 38.0 Å². The monoisotopic (exact) mass is 98.1 g/mol. The summed E-state index contributed by atoms with van der Waals surface area (Å²) in [6, 6.07) is 0.557. The van der Waals surface area contributed by atoms with Crippen LogP contribution in [-0.4, -0.2) is 19.1 Å². The fraction of sp³-hybridized carbons (Fsp3) is 1.00. The SMILES string of the molecule is NC1[C@H]2CNC[C@H]12. The predicted molar refractivity (Wildman–Crippen MR) is 27.8 cm³/mol. The quantitative estimate of drug-likeness (QED) is 0.414. The largest absolute Gasteiger partial charge is 0.327 e. The van der Waals surface area contributed by atoms with Crippen LogP contribution >= 0.6 is 0 Å². The van der Waals surface area contributed by atoms with E-state index in [2.05, 4.69) is 5.32 Å². The van der Waals surface area contributed by atoms with Crippen molar-refractivity contribution in [3.8, 4) is 0 Å². The van der Waals surface area contributed by atoms with Crippen LogP contribution in [0.5, 0.6) is 0 Å². The van der Waals surface area contributed by atoms with Gasteiger partial charge in [-0.15, -0.1) is 0 Å². The van der Waals surface area contributed by atoms with E-state index in [4.69, 9.17) is 5.73 Å². The van der Waals surface area contributed by atoms with Gasteiger partial charge in [-0.1, -0.05) is 0 Å². The molecule has 0 amide bonds. The van der Waals surface area contributed by atoms with E-state index in [9.17, 15) is 0 Å². The molecule has 2 heteroatoms. The van der Waals surface area contributed by atoms with E-state index in [1.807, 2.05) is 0 Å². The first-order valence-electron chi connectivity index (χ1n) is 2.86. The molecule has 1 heterocycles. The Labute approximate surface area is 43.1 Å². The minimum absolute atomic E-state index is 0.557. The predicted octanol–water partition coefficient (Wildman–Crippen LogP) is -0.837. The molecule has 1 saturated heterocycles. The maximum absolute atomic E-state index is 5.63. The molecule has 3 N–H and O–H groups in total. The summed E-state index contributed by atoms with van der Waals surface area (Å²) in [5.41, 5.74) is 5.63. The summed E-state index contributed by atoms with van der Waals surface area (Å²) in [6.07, 6.45) is 0. The number of hydrogen-bond acceptors (Lipinski definition) is 2. The molecule has 0 aromatic rings. The second-order valence-corrected chi connectivity index (χ2v) is 2.56. The number of piperidine rings is 1. The van der Waals surface area contributed by atoms with Gasteiger partial charge in [0.2, 0.25) is 0 Å². The second kappa shape index (κ2) is 1.01. The molecular weight excluding hydrogens is 88.1 g/mol. The Morgan fingerprint density at radius 1 is 1.29 bits per heavy atom. The van der Waals surface area contributed by atoms with E-state index < -0.39 is 0 Å². The van der Waals surface area contributed by atoms with Gasteiger partial charge in [0.25, 0.3) is 0 Å². The van der Waals surface area contributed by atoms with Gasteiger partial charge in [-0.3, -0.25) is 0 Å². The zero-order valence-electron chi connectivity index (χ0n) is 4.22. The molecule has 0 spiro atoms. The molecule has 40 valence electrons. The van der Waals surface area contributed by atoms with Crippen molar-refractivity contribution in [2.75, 3.05) is 13.1 Å². The molecule has 0 radical (unpaired) electrons. The highest BCUT2D eigenvalue weighted by atomic mass is 15.0. The van der Waals surface area contributed by atoms with Crippen LogP contribution in [0.25, 0.3) is 0 Å². The van der Waals surface area contributed by atoms with E-state index in [0.717, 1.165) is 11.8 Å². The summed E-state index contributed by atoms with van der Waals surface area (Å²) >= 11 is 0. The molecule has 0 unspecified atom stereocenters. The molecule has 2 rings (SSSR count). The summed E-state index contributed by atoms with van der Waals surface area (Å²) in [5.74, 6) is 1.69. The first kappa shape index (κ1) is 3.87. The molecular formula is C5H10N2. The van der Waals surface area contributed by atoms with Gasteiger partial charge in [-0.05, 0) is 24.9 Å². The third-order valence-corrected chi connectivity index (χ3v) is 2.16. The number of rotatable bonds is 0. The van der Waals surface area contributed by atoms with Crippen molar-refractivity contribution in [1.29, 1.82) is 0 Å². The summed E-state index contributed by atoms with van der Waals surface area (Å²) in [4.78, 5) is 0. The first-order chi connectivity index (χ1) is 3.39. The summed E-state index contributed by atoms with van der Waals surface area (Å²) in [7, 11) is 0. The lowest BCUT2D eigenvalue weighted by molar-refractivity contribution is 0.677. The fourth-order valence-corrected chi connectivity index (χ4v) is 1.47. The van der Waals surface area contributed by atoms with Gasteiger partial charge < -0.3 is 11.1 Å². The van der Waals surface area contributed by atoms with Crippen LogP contribution in [0.3, 0.4) is 0 Å². The summed E-state index contributed by atoms with van der Waals surface area (Å²) < 4.78 is 0. The first-order valence-corrected chi connectivity index (χ1v) is 2.86. The van der Waals surface area contributed by atoms with Crippen molar-refractivity contribution in [2.24, 2.45) is 17.6 Å². The van der Waals surface area contributed by atoms with Crippen molar-refractivity contribution in [1.82, 2.24) is 5.32 Å². The fourth-order valence-electron chi connectivity index (χ4n) is 1.47. The Hall–Kier alpha value is -0.0800. The molecule has 0 aromatic heterocycles. The zero-order valence-corrected chi connectivity index (χ0v) is 4.22. The third-order valence-electron chi connectivity index (χ3n) is 2.16. The van der Waals surface area contributed by atoms with E-state index in [1.165, 1.54) is 13.1 Å². The van der Waals surface area contributed by atoms with Crippen molar-refractivity contribution >= 4 is 0 Å². The van der Waals surface area contributed by atoms with Gasteiger partial charge in [0, 0.05) is 6.04 Å². The maximum atomic E-state index is 5.63. The normalized spacial score (nSPS) is 57.0. The van der Waals surface area contributed by atoms with Gasteiger partial charge >= 0.3 is 0 Å². The van der Waals surface area contributed by atoms with Crippen LogP contribution in [0, 0.1) is 11.8 Å². The van der Waals surface area contributed by atoms with Crippen LogP contribution in [0.4, 0.5) is 0 Å². The van der Waals surface area contributed by atoms with Crippen LogP contribution in [0.15, 0.2) is 0 Å². The third kappa shape index (κ3) is 0.359. The molecule has 2 nitrogen and oxygen atoms in total. The average molecular weight is 98.1 g/mol. The number of hydrogen-bond donors (Lipinski definition) is 2. The summed E-state index contributed by atoms with van der Waals surface area (Å²) in [6.45, 7) is 2.34. The molecule has 2 fully saturated rings. The Morgan fingerprint density at radius 2 is 1.86 bits per heavy atom. The zero-order chi connectivity index (χ0) is 4.85. The molecule has 1 saturated carbocycles. The lowest BCUT2D eigenvalue weighted by Gasteiger charge is -1.94. The maximum Gasteiger partial charge on any atom is 0.0127 e. The Bertz CT molecular complexity index is 82.1.